The first kappa shape index (κ1) is 16.2. The Morgan fingerprint density at radius 1 is 1.00 bits per heavy atom. The molecule has 20 heavy (non-hydrogen) atoms. The molecule has 0 saturated heterocycles. The molecule has 0 bridgehead atoms. The van der Waals surface area contributed by atoms with E-state index in [0.29, 0.717) is 0 Å². The van der Waals surface area contributed by atoms with Crippen LogP contribution in [0.1, 0.15) is 19.3 Å². The average molecular weight is 318 g/mol. The summed E-state index contributed by atoms with van der Waals surface area (Å²) in [4.78, 5) is 18.4. The van der Waals surface area contributed by atoms with Crippen LogP contribution in [0, 0.1) is 5.92 Å². The van der Waals surface area contributed by atoms with Gasteiger partial charge < -0.3 is 30.2 Å². The van der Waals surface area contributed by atoms with Crippen molar-refractivity contribution in [1.29, 1.82) is 0 Å². The highest BCUT2D eigenvalue weighted by molar-refractivity contribution is 7.54. The van der Waals surface area contributed by atoms with Gasteiger partial charge in [0, 0.05) is 0 Å². The Morgan fingerprint density at radius 2 is 1.50 bits per heavy atom. The summed E-state index contributed by atoms with van der Waals surface area (Å²) in [6, 6.07) is 0. The first-order valence-electron chi connectivity index (χ1n) is 6.10. The maximum Gasteiger partial charge on any atom is 0.331 e. The number of alkyl halides is 2. The van der Waals surface area contributed by atoms with Crippen LogP contribution >= 0.6 is 7.60 Å². The summed E-state index contributed by atoms with van der Waals surface area (Å²) >= 11 is 0. The molecule has 0 aromatic heterocycles. The van der Waals surface area contributed by atoms with Crippen molar-refractivity contribution in [2.75, 3.05) is 0 Å². The minimum atomic E-state index is -4.63. The van der Waals surface area contributed by atoms with Crippen LogP contribution in [0.2, 0.25) is 0 Å². The number of hydrogen-bond donors (Lipinski definition) is 6. The van der Waals surface area contributed by atoms with E-state index in [2.05, 4.69) is 0 Å². The fraction of sp³-hybridized carbons (Fsp3) is 1.00. The summed E-state index contributed by atoms with van der Waals surface area (Å²) in [5, 5.41) is 36.1. The molecule has 2 aliphatic carbocycles. The third-order valence-electron chi connectivity index (χ3n) is 4.37. The minimum Gasteiger partial charge on any atom is -0.390 e. The van der Waals surface area contributed by atoms with Crippen LogP contribution < -0.4 is 0 Å². The predicted molar refractivity (Wildman–Crippen MR) is 61.1 cm³/mol. The zero-order valence-corrected chi connectivity index (χ0v) is 11.2. The molecule has 2 fully saturated rings. The molecule has 7 nitrogen and oxygen atoms in total. The Labute approximate surface area is 113 Å². The molecule has 2 rings (SSSR count). The second-order valence-electron chi connectivity index (χ2n) is 5.67. The van der Waals surface area contributed by atoms with E-state index in [4.69, 9.17) is 0 Å². The summed E-state index contributed by atoms with van der Waals surface area (Å²) in [7, 11) is -4.63. The highest BCUT2D eigenvalue weighted by atomic mass is 31.2. The van der Waals surface area contributed by atoms with Gasteiger partial charge >= 0.3 is 7.60 Å². The van der Waals surface area contributed by atoms with Crippen molar-refractivity contribution in [2.24, 2.45) is 5.92 Å². The van der Waals surface area contributed by atoms with E-state index in [9.17, 15) is 43.6 Å². The molecule has 5 atom stereocenters. The predicted octanol–water partition coefficient (Wildman–Crippen LogP) is -1.20. The molecule has 0 unspecified atom stereocenters. The van der Waals surface area contributed by atoms with E-state index in [1.165, 1.54) is 0 Å². The van der Waals surface area contributed by atoms with Gasteiger partial charge in [0.1, 0.15) is 18.3 Å². The van der Waals surface area contributed by atoms with Crippen LogP contribution in [0.25, 0.3) is 0 Å². The Balaban J connectivity index is 2.28. The molecule has 0 radical (unpaired) electrons. The van der Waals surface area contributed by atoms with Gasteiger partial charge in [0.15, 0.2) is 0 Å². The van der Waals surface area contributed by atoms with E-state index in [1.54, 1.807) is 0 Å². The van der Waals surface area contributed by atoms with Crippen molar-refractivity contribution < 1.29 is 43.6 Å². The van der Waals surface area contributed by atoms with Gasteiger partial charge in [-0.1, -0.05) is 0 Å². The third-order valence-corrected chi connectivity index (χ3v) is 6.23. The van der Waals surface area contributed by atoms with Crippen LogP contribution in [0.15, 0.2) is 0 Å². The molecule has 0 aromatic carbocycles. The zero-order chi connectivity index (χ0) is 15.5. The molecule has 0 aromatic rings. The lowest BCUT2D eigenvalue weighted by Gasteiger charge is -2.45. The highest BCUT2D eigenvalue weighted by Crippen LogP contribution is 2.68. The summed E-state index contributed by atoms with van der Waals surface area (Å²) < 4.78 is 39.2. The molecule has 0 spiro atoms. The van der Waals surface area contributed by atoms with Gasteiger partial charge in [-0.15, -0.1) is 0 Å². The lowest BCUT2D eigenvalue weighted by molar-refractivity contribution is -0.269. The van der Waals surface area contributed by atoms with E-state index < -0.39 is 55.4 Å². The summed E-state index contributed by atoms with van der Waals surface area (Å²) in [6.07, 6.45) is -9.56. The van der Waals surface area contributed by atoms with E-state index in [0.717, 1.165) is 0 Å². The molecule has 0 heterocycles. The molecule has 2 aliphatic rings. The van der Waals surface area contributed by atoms with Crippen LogP contribution in [0.5, 0.6) is 0 Å². The quantitative estimate of drug-likeness (QED) is 0.359. The van der Waals surface area contributed by atoms with Crippen molar-refractivity contribution in [3.8, 4) is 0 Å². The zero-order valence-electron chi connectivity index (χ0n) is 10.3. The van der Waals surface area contributed by atoms with Gasteiger partial charge in [0.25, 0.3) is 5.92 Å². The maximum atomic E-state index is 13.9. The van der Waals surface area contributed by atoms with Gasteiger partial charge in [0.2, 0.25) is 0 Å². The van der Waals surface area contributed by atoms with Crippen LogP contribution in [-0.4, -0.2) is 65.7 Å². The van der Waals surface area contributed by atoms with E-state index in [1.807, 2.05) is 0 Å². The van der Waals surface area contributed by atoms with Crippen molar-refractivity contribution in [2.45, 2.75) is 54.8 Å². The first-order chi connectivity index (χ1) is 8.94. The van der Waals surface area contributed by atoms with Crippen LogP contribution in [-0.2, 0) is 4.57 Å². The molecule has 2 saturated carbocycles. The average Bonchev–Trinajstić information content (AvgIpc) is 3.11. The monoisotopic (exact) mass is 318 g/mol. The molecule has 0 aliphatic heterocycles. The van der Waals surface area contributed by atoms with Crippen molar-refractivity contribution in [3.63, 3.8) is 0 Å². The second kappa shape index (κ2) is 4.67. The van der Waals surface area contributed by atoms with Crippen LogP contribution in [0.4, 0.5) is 8.78 Å². The fourth-order valence-electron chi connectivity index (χ4n) is 2.73. The van der Waals surface area contributed by atoms with Crippen molar-refractivity contribution >= 4 is 7.60 Å². The summed E-state index contributed by atoms with van der Waals surface area (Å²) in [6.45, 7) is 0. The number of aliphatic hydroxyl groups is 4. The first-order valence-corrected chi connectivity index (χ1v) is 7.71. The fourth-order valence-corrected chi connectivity index (χ4v) is 3.86. The van der Waals surface area contributed by atoms with Crippen LogP contribution in [0.3, 0.4) is 0 Å². The van der Waals surface area contributed by atoms with Gasteiger partial charge in [-0.25, -0.2) is 8.78 Å². The molecule has 0 amide bonds. The number of aliphatic hydroxyl groups excluding tert-OH is 4. The Bertz CT molecular complexity index is 435. The summed E-state index contributed by atoms with van der Waals surface area (Å²) in [5.74, 6) is -5.99. The lowest BCUT2D eigenvalue weighted by atomic mass is 9.75. The Kier molecular flexibility index (Phi) is 3.79. The van der Waals surface area contributed by atoms with E-state index in [-0.39, 0.29) is 12.8 Å². The third kappa shape index (κ3) is 2.31. The second-order valence-corrected chi connectivity index (χ2v) is 7.71. The maximum absolute atomic E-state index is 13.9. The van der Waals surface area contributed by atoms with Gasteiger partial charge in [-0.3, -0.25) is 4.57 Å². The van der Waals surface area contributed by atoms with Gasteiger partial charge in [0.05, 0.1) is 17.2 Å². The number of halogens is 2. The lowest BCUT2D eigenvalue weighted by Crippen LogP contribution is -2.64. The topological polar surface area (TPSA) is 138 Å². The molecular weight excluding hydrogens is 301 g/mol. The Hall–Kier alpha value is -0.150. The molecule has 118 valence electrons. The number of hydrogen-bond acceptors (Lipinski definition) is 5. The highest BCUT2D eigenvalue weighted by Gasteiger charge is 2.66. The smallest absolute Gasteiger partial charge is 0.331 e. The van der Waals surface area contributed by atoms with Gasteiger partial charge in [-0.2, -0.15) is 0 Å². The largest absolute Gasteiger partial charge is 0.390 e. The SMILES string of the molecule is O=P(O)(O)C1(C[C@@H]2[C@@H](O)[C@H](O)[C@H](O)[C@@H](O)C2(F)F)CC1. The van der Waals surface area contributed by atoms with Crippen molar-refractivity contribution in [3.05, 3.63) is 0 Å². The summed E-state index contributed by atoms with van der Waals surface area (Å²) in [5.41, 5.74) is 0. The molecular formula is C10H17F2O7P. The van der Waals surface area contributed by atoms with Gasteiger partial charge in [-0.05, 0) is 19.3 Å². The Morgan fingerprint density at radius 3 is 1.90 bits per heavy atom. The molecule has 10 heteroatoms. The number of rotatable bonds is 3. The standard InChI is InChI=1S/C10H17F2O7P/c11-10(12)4(3-9(1-2-9)20(17,18)19)5(13)6(14)7(15)8(10)16/h4-8,13-16H,1-3H2,(H2,17,18,19)/t4-,5-,6+,7+,8-/m1/s1. The normalized spacial score (nSPS) is 43.3. The van der Waals surface area contributed by atoms with Crippen molar-refractivity contribution in [1.82, 2.24) is 0 Å². The minimum absolute atomic E-state index is 0.0331. The van der Waals surface area contributed by atoms with E-state index >= 15 is 0 Å². The molecule has 6 N–H and O–H groups in total.